The number of nitrogens with one attached hydrogen (secondary N) is 3. The van der Waals surface area contributed by atoms with Crippen molar-refractivity contribution in [2.75, 3.05) is 4.72 Å². The van der Waals surface area contributed by atoms with Gasteiger partial charge in [0.15, 0.2) is 0 Å². The second-order valence-electron chi connectivity index (χ2n) is 7.50. The van der Waals surface area contributed by atoms with Crippen LogP contribution in [0.2, 0.25) is 5.02 Å². The normalized spacial score (nSPS) is 12.2. The van der Waals surface area contributed by atoms with Gasteiger partial charge in [0.05, 0.1) is 23.0 Å². The first kappa shape index (κ1) is 23.5. The van der Waals surface area contributed by atoms with E-state index < -0.39 is 27.8 Å². The smallest absolute Gasteiger partial charge is 0.263 e. The number of carbonyl (C=O) groups is 1. The number of carbonyl (C=O) groups excluding carboxylic acids is 1. The summed E-state index contributed by atoms with van der Waals surface area (Å²) < 4.78 is 41.1. The van der Waals surface area contributed by atoms with Gasteiger partial charge in [0.1, 0.15) is 16.5 Å². The molecule has 0 bridgehead atoms. The highest BCUT2D eigenvalue weighted by atomic mass is 35.5. The van der Waals surface area contributed by atoms with Gasteiger partial charge in [-0.05, 0) is 55.0 Å². The molecule has 10 heteroatoms. The lowest BCUT2D eigenvalue weighted by Gasteiger charge is -2.14. The van der Waals surface area contributed by atoms with Crippen LogP contribution in [0.4, 0.5) is 10.1 Å². The number of halogens is 2. The van der Waals surface area contributed by atoms with E-state index in [1.165, 1.54) is 30.3 Å². The number of sulfonamides is 1. The highest BCUT2D eigenvalue weighted by molar-refractivity contribution is 7.92. The van der Waals surface area contributed by atoms with Crippen LogP contribution in [0.5, 0.6) is 0 Å². The molecule has 1 amide bonds. The van der Waals surface area contributed by atoms with Gasteiger partial charge in [0.25, 0.3) is 15.9 Å². The van der Waals surface area contributed by atoms with Crippen molar-refractivity contribution < 1.29 is 17.6 Å². The predicted octanol–water partition coefficient (Wildman–Crippen LogP) is 5.16. The van der Waals surface area contributed by atoms with Gasteiger partial charge in [-0.1, -0.05) is 41.9 Å². The Morgan fingerprint density at radius 3 is 2.47 bits per heavy atom. The van der Waals surface area contributed by atoms with E-state index in [4.69, 9.17) is 11.6 Å². The molecule has 0 radical (unpaired) electrons. The first-order valence-corrected chi connectivity index (χ1v) is 12.1. The molecule has 1 atom stereocenters. The van der Waals surface area contributed by atoms with E-state index in [-0.39, 0.29) is 21.2 Å². The van der Waals surface area contributed by atoms with Gasteiger partial charge in [-0.25, -0.2) is 17.8 Å². The lowest BCUT2D eigenvalue weighted by molar-refractivity contribution is 0.0938. The Kier molecular flexibility index (Phi) is 6.67. The molecule has 1 aromatic heterocycles. The van der Waals surface area contributed by atoms with Gasteiger partial charge in [-0.3, -0.25) is 9.52 Å². The molecular weight excluding hydrogens is 479 g/mol. The monoisotopic (exact) mass is 498 g/mol. The summed E-state index contributed by atoms with van der Waals surface area (Å²) in [5.74, 6) is -0.451. The molecule has 0 fully saturated rings. The third-order valence-corrected chi connectivity index (χ3v) is 6.88. The standard InChI is InChI=1S/C24H20ClFN4O3S/c1-15(23-27-14-21(29-23)16-5-3-2-4-6-16)28-24(31)17-7-12-20(25)22(13-17)34(32,33)30-19-10-8-18(26)9-11-19/h2-15,30H,1H3,(H,27,29)(H,28,31). The van der Waals surface area contributed by atoms with E-state index in [0.29, 0.717) is 5.82 Å². The number of rotatable bonds is 7. The number of benzene rings is 3. The summed E-state index contributed by atoms with van der Waals surface area (Å²) in [7, 11) is -4.12. The minimum Gasteiger partial charge on any atom is -0.342 e. The zero-order valence-electron chi connectivity index (χ0n) is 17.9. The van der Waals surface area contributed by atoms with Crippen LogP contribution >= 0.6 is 11.6 Å². The molecule has 0 saturated heterocycles. The predicted molar refractivity (Wildman–Crippen MR) is 129 cm³/mol. The van der Waals surface area contributed by atoms with Crippen molar-refractivity contribution >= 4 is 33.2 Å². The molecule has 0 aliphatic carbocycles. The number of hydrogen-bond acceptors (Lipinski definition) is 4. The van der Waals surface area contributed by atoms with E-state index in [0.717, 1.165) is 23.4 Å². The van der Waals surface area contributed by atoms with Crippen molar-refractivity contribution in [2.24, 2.45) is 0 Å². The zero-order valence-corrected chi connectivity index (χ0v) is 19.5. The SMILES string of the molecule is CC(NC(=O)c1ccc(Cl)c(S(=O)(=O)Nc2ccc(F)cc2)c1)c1ncc(-c2ccccc2)[nH]1. The van der Waals surface area contributed by atoms with Crippen LogP contribution in [-0.4, -0.2) is 24.3 Å². The Morgan fingerprint density at radius 1 is 1.06 bits per heavy atom. The number of anilines is 1. The summed E-state index contributed by atoms with van der Waals surface area (Å²) in [5.41, 5.74) is 2.03. The fourth-order valence-corrected chi connectivity index (χ4v) is 4.83. The highest BCUT2D eigenvalue weighted by Crippen LogP contribution is 2.26. The molecule has 7 nitrogen and oxygen atoms in total. The second-order valence-corrected chi connectivity index (χ2v) is 9.56. The van der Waals surface area contributed by atoms with Crippen LogP contribution < -0.4 is 10.0 Å². The first-order valence-electron chi connectivity index (χ1n) is 10.2. The Hall–Kier alpha value is -3.69. The third-order valence-electron chi connectivity index (χ3n) is 5.02. The molecule has 0 aliphatic rings. The number of amides is 1. The minimum absolute atomic E-state index is 0.0576. The molecule has 174 valence electrons. The number of H-pyrrole nitrogens is 1. The molecule has 3 aromatic carbocycles. The molecule has 0 spiro atoms. The molecule has 0 aliphatic heterocycles. The zero-order chi connectivity index (χ0) is 24.3. The van der Waals surface area contributed by atoms with Crippen molar-refractivity contribution in [3.8, 4) is 11.3 Å². The van der Waals surface area contributed by atoms with E-state index in [9.17, 15) is 17.6 Å². The summed E-state index contributed by atoms with van der Waals surface area (Å²) in [5, 5.41) is 2.74. The molecule has 34 heavy (non-hydrogen) atoms. The van der Waals surface area contributed by atoms with Crippen molar-refractivity contribution in [1.82, 2.24) is 15.3 Å². The average Bonchev–Trinajstić information content (AvgIpc) is 3.32. The maximum atomic E-state index is 13.1. The number of hydrogen-bond donors (Lipinski definition) is 3. The Bertz CT molecular complexity index is 1420. The Morgan fingerprint density at radius 2 is 1.76 bits per heavy atom. The van der Waals surface area contributed by atoms with Gasteiger partial charge in [0, 0.05) is 11.3 Å². The van der Waals surface area contributed by atoms with Crippen LogP contribution in [0.1, 0.15) is 29.1 Å². The van der Waals surface area contributed by atoms with Crippen LogP contribution in [0.15, 0.2) is 83.9 Å². The van der Waals surface area contributed by atoms with E-state index in [1.807, 2.05) is 30.3 Å². The second kappa shape index (κ2) is 9.66. The number of nitrogens with zero attached hydrogens (tertiary/aromatic N) is 1. The van der Waals surface area contributed by atoms with E-state index in [1.54, 1.807) is 13.1 Å². The van der Waals surface area contributed by atoms with Crippen molar-refractivity contribution in [1.29, 1.82) is 0 Å². The topological polar surface area (TPSA) is 104 Å². The summed E-state index contributed by atoms with van der Waals surface area (Å²) in [6.45, 7) is 1.76. The maximum Gasteiger partial charge on any atom is 0.263 e. The van der Waals surface area contributed by atoms with Gasteiger partial charge in [-0.15, -0.1) is 0 Å². The lowest BCUT2D eigenvalue weighted by Crippen LogP contribution is -2.27. The molecule has 3 N–H and O–H groups in total. The fraction of sp³-hybridized carbons (Fsp3) is 0.0833. The Balaban J connectivity index is 1.51. The third kappa shape index (κ3) is 5.27. The van der Waals surface area contributed by atoms with E-state index >= 15 is 0 Å². The van der Waals surface area contributed by atoms with Gasteiger partial charge < -0.3 is 10.3 Å². The highest BCUT2D eigenvalue weighted by Gasteiger charge is 2.22. The summed E-state index contributed by atoms with van der Waals surface area (Å²) in [6, 6.07) is 17.9. The Labute approximate surface area is 201 Å². The van der Waals surface area contributed by atoms with Crippen LogP contribution in [0.25, 0.3) is 11.3 Å². The molecule has 1 unspecified atom stereocenters. The average molecular weight is 499 g/mol. The fourth-order valence-electron chi connectivity index (χ4n) is 3.25. The van der Waals surface area contributed by atoms with Crippen molar-refractivity contribution in [2.45, 2.75) is 17.9 Å². The minimum atomic E-state index is -4.12. The summed E-state index contributed by atoms with van der Waals surface area (Å²) in [4.78, 5) is 20.1. The van der Waals surface area contributed by atoms with E-state index in [2.05, 4.69) is 20.0 Å². The lowest BCUT2D eigenvalue weighted by atomic mass is 10.2. The first-order chi connectivity index (χ1) is 16.2. The van der Waals surface area contributed by atoms with Gasteiger partial charge in [0.2, 0.25) is 0 Å². The van der Waals surface area contributed by atoms with Crippen LogP contribution in [-0.2, 0) is 10.0 Å². The molecule has 0 saturated carbocycles. The van der Waals surface area contributed by atoms with Crippen LogP contribution in [0.3, 0.4) is 0 Å². The molecule has 4 aromatic rings. The number of aromatic nitrogens is 2. The van der Waals surface area contributed by atoms with Crippen LogP contribution in [0, 0.1) is 5.82 Å². The molecule has 1 heterocycles. The molecule has 4 rings (SSSR count). The van der Waals surface area contributed by atoms with Crippen molar-refractivity contribution in [3.05, 3.63) is 101 Å². The van der Waals surface area contributed by atoms with Crippen molar-refractivity contribution in [3.63, 3.8) is 0 Å². The number of aromatic amines is 1. The number of imidazole rings is 1. The largest absolute Gasteiger partial charge is 0.342 e. The molecular formula is C24H20ClFN4O3S. The summed E-state index contributed by atoms with van der Waals surface area (Å²) >= 11 is 6.11. The maximum absolute atomic E-state index is 13.1. The van der Waals surface area contributed by atoms with Gasteiger partial charge in [-0.2, -0.15) is 0 Å². The quantitative estimate of drug-likeness (QED) is 0.327. The van der Waals surface area contributed by atoms with Gasteiger partial charge >= 0.3 is 0 Å². The summed E-state index contributed by atoms with van der Waals surface area (Å²) in [6.07, 6.45) is 1.68.